The van der Waals surface area contributed by atoms with E-state index in [-0.39, 0.29) is 12.1 Å². The SMILES string of the molecule is C[C@@H]1C[C@@]2(O)c3nonc3CC[C@@H]2N1O. The average molecular weight is 211 g/mol. The fourth-order valence-electron chi connectivity index (χ4n) is 2.80. The molecule has 1 aliphatic heterocycles. The van der Waals surface area contributed by atoms with Gasteiger partial charge in [0.1, 0.15) is 17.0 Å². The minimum Gasteiger partial charge on any atom is -0.382 e. The smallest absolute Gasteiger partial charge is 0.141 e. The highest BCUT2D eigenvalue weighted by molar-refractivity contribution is 5.26. The predicted octanol–water partition coefficient (Wildman–Crippen LogP) is 0.0554. The number of rotatable bonds is 0. The Labute approximate surface area is 86.4 Å². The standard InChI is InChI=1S/C9H13N3O3/c1-5-4-9(13)7(12(5)14)3-2-6-8(9)11-15-10-6/h5,7,13-14H,2-4H2,1H3/t5-,7+,9+/m1/s1. The van der Waals surface area contributed by atoms with Crippen LogP contribution in [0.25, 0.3) is 0 Å². The second kappa shape index (κ2) is 2.78. The first-order valence-corrected chi connectivity index (χ1v) is 5.14. The van der Waals surface area contributed by atoms with E-state index < -0.39 is 5.60 Å². The number of hydroxylamine groups is 2. The van der Waals surface area contributed by atoms with Crippen molar-refractivity contribution in [3.8, 4) is 0 Å². The lowest BCUT2D eigenvalue weighted by molar-refractivity contribution is -0.159. The highest BCUT2D eigenvalue weighted by Crippen LogP contribution is 2.45. The van der Waals surface area contributed by atoms with Gasteiger partial charge >= 0.3 is 0 Å². The second-order valence-electron chi connectivity index (χ2n) is 4.47. The van der Waals surface area contributed by atoms with E-state index in [1.807, 2.05) is 6.92 Å². The van der Waals surface area contributed by atoms with Crippen LogP contribution in [0.2, 0.25) is 0 Å². The Kier molecular flexibility index (Phi) is 1.72. The first-order chi connectivity index (χ1) is 7.13. The van der Waals surface area contributed by atoms with Gasteiger partial charge in [-0.25, -0.2) is 4.63 Å². The molecule has 6 nitrogen and oxygen atoms in total. The molecule has 0 spiro atoms. The molecule has 0 amide bonds. The zero-order chi connectivity index (χ0) is 10.6. The van der Waals surface area contributed by atoms with Crippen molar-refractivity contribution in [3.05, 3.63) is 11.4 Å². The Bertz CT molecular complexity index is 394. The van der Waals surface area contributed by atoms with Crippen molar-refractivity contribution >= 4 is 0 Å². The third-order valence-electron chi connectivity index (χ3n) is 3.55. The average Bonchev–Trinajstić information content (AvgIpc) is 2.72. The minimum atomic E-state index is -1.10. The van der Waals surface area contributed by atoms with Crippen molar-refractivity contribution in [2.45, 2.75) is 43.9 Å². The van der Waals surface area contributed by atoms with Crippen molar-refractivity contribution in [3.63, 3.8) is 0 Å². The molecule has 2 N–H and O–H groups in total. The molecular weight excluding hydrogens is 198 g/mol. The highest BCUT2D eigenvalue weighted by atomic mass is 16.6. The van der Waals surface area contributed by atoms with Crippen molar-refractivity contribution < 1.29 is 14.9 Å². The Morgan fingerprint density at radius 1 is 1.53 bits per heavy atom. The maximum Gasteiger partial charge on any atom is 0.141 e. The Morgan fingerprint density at radius 3 is 3.13 bits per heavy atom. The van der Waals surface area contributed by atoms with Crippen molar-refractivity contribution in [1.82, 2.24) is 15.4 Å². The molecule has 2 heterocycles. The van der Waals surface area contributed by atoms with E-state index in [9.17, 15) is 10.3 Å². The van der Waals surface area contributed by atoms with Crippen molar-refractivity contribution in [2.24, 2.45) is 0 Å². The molecule has 3 rings (SSSR count). The van der Waals surface area contributed by atoms with Crippen LogP contribution in [0, 0.1) is 0 Å². The number of aryl methyl sites for hydroxylation is 1. The van der Waals surface area contributed by atoms with Gasteiger partial charge in [-0.2, -0.15) is 5.06 Å². The third kappa shape index (κ3) is 1.04. The fraction of sp³-hybridized carbons (Fsp3) is 0.778. The van der Waals surface area contributed by atoms with Gasteiger partial charge in [0.2, 0.25) is 0 Å². The number of hydrogen-bond donors (Lipinski definition) is 2. The lowest BCUT2D eigenvalue weighted by Crippen LogP contribution is -2.45. The van der Waals surface area contributed by atoms with Gasteiger partial charge in [0, 0.05) is 12.5 Å². The van der Waals surface area contributed by atoms with Crippen LogP contribution in [-0.4, -0.2) is 37.8 Å². The molecule has 6 heteroatoms. The van der Waals surface area contributed by atoms with Gasteiger partial charge in [-0.05, 0) is 19.8 Å². The van der Waals surface area contributed by atoms with Crippen molar-refractivity contribution in [1.29, 1.82) is 0 Å². The van der Waals surface area contributed by atoms with E-state index in [1.165, 1.54) is 5.06 Å². The Balaban J connectivity index is 2.10. The molecule has 0 unspecified atom stereocenters. The summed E-state index contributed by atoms with van der Waals surface area (Å²) < 4.78 is 4.65. The van der Waals surface area contributed by atoms with Crippen LogP contribution >= 0.6 is 0 Å². The molecule has 1 saturated heterocycles. The number of aromatic nitrogens is 2. The summed E-state index contributed by atoms with van der Waals surface area (Å²) in [5.41, 5.74) is 0.125. The summed E-state index contributed by atoms with van der Waals surface area (Å²) in [5.74, 6) is 0. The number of nitrogens with zero attached hydrogens (tertiary/aromatic N) is 3. The normalized spacial score (nSPS) is 40.2. The number of fused-ring (bicyclic) bond motifs is 3. The molecule has 0 saturated carbocycles. The number of aliphatic hydroxyl groups is 1. The van der Waals surface area contributed by atoms with E-state index in [2.05, 4.69) is 14.9 Å². The first kappa shape index (κ1) is 9.26. The van der Waals surface area contributed by atoms with Crippen LogP contribution in [0.3, 0.4) is 0 Å². The third-order valence-corrected chi connectivity index (χ3v) is 3.55. The van der Waals surface area contributed by atoms with Gasteiger partial charge in [0.25, 0.3) is 0 Å². The van der Waals surface area contributed by atoms with E-state index in [4.69, 9.17) is 0 Å². The zero-order valence-electron chi connectivity index (χ0n) is 8.42. The number of hydrogen-bond acceptors (Lipinski definition) is 6. The molecule has 3 atom stereocenters. The topological polar surface area (TPSA) is 82.6 Å². The van der Waals surface area contributed by atoms with Crippen molar-refractivity contribution in [2.75, 3.05) is 0 Å². The monoisotopic (exact) mass is 211 g/mol. The van der Waals surface area contributed by atoms with Crippen LogP contribution in [0.15, 0.2) is 4.63 Å². The van der Waals surface area contributed by atoms with Gasteiger partial charge in [0.15, 0.2) is 0 Å². The summed E-state index contributed by atoms with van der Waals surface area (Å²) in [6.07, 6.45) is 1.84. The Morgan fingerprint density at radius 2 is 2.33 bits per heavy atom. The van der Waals surface area contributed by atoms with Crippen LogP contribution in [-0.2, 0) is 12.0 Å². The van der Waals surface area contributed by atoms with Gasteiger partial charge in [-0.3, -0.25) is 0 Å². The van der Waals surface area contributed by atoms with Crippen LogP contribution in [0.4, 0.5) is 0 Å². The summed E-state index contributed by atoms with van der Waals surface area (Å²) in [7, 11) is 0. The van der Waals surface area contributed by atoms with Gasteiger partial charge in [-0.1, -0.05) is 10.3 Å². The summed E-state index contributed by atoms with van der Waals surface area (Å²) in [6, 6.07) is -0.352. The van der Waals surface area contributed by atoms with Gasteiger partial charge < -0.3 is 10.3 Å². The summed E-state index contributed by atoms with van der Waals surface area (Å²) >= 11 is 0. The van der Waals surface area contributed by atoms with Gasteiger partial charge in [-0.15, -0.1) is 0 Å². The summed E-state index contributed by atoms with van der Waals surface area (Å²) in [6.45, 7) is 1.88. The van der Waals surface area contributed by atoms with Crippen LogP contribution in [0.1, 0.15) is 31.2 Å². The Hall–Kier alpha value is -0.980. The molecule has 82 valence electrons. The fourth-order valence-corrected chi connectivity index (χ4v) is 2.80. The summed E-state index contributed by atoms with van der Waals surface area (Å²) in [5, 5.41) is 29.1. The molecule has 2 aliphatic rings. The van der Waals surface area contributed by atoms with Crippen LogP contribution < -0.4 is 0 Å². The molecule has 0 bridgehead atoms. The highest BCUT2D eigenvalue weighted by Gasteiger charge is 2.55. The van der Waals surface area contributed by atoms with Crippen LogP contribution in [0.5, 0.6) is 0 Å². The molecule has 1 aromatic rings. The first-order valence-electron chi connectivity index (χ1n) is 5.14. The molecule has 1 fully saturated rings. The molecule has 0 aromatic carbocycles. The van der Waals surface area contributed by atoms with E-state index in [0.29, 0.717) is 25.0 Å². The van der Waals surface area contributed by atoms with Gasteiger partial charge in [0.05, 0.1) is 6.04 Å². The van der Waals surface area contributed by atoms with E-state index >= 15 is 0 Å². The second-order valence-corrected chi connectivity index (χ2v) is 4.47. The quantitative estimate of drug-likeness (QED) is 0.631. The molecule has 15 heavy (non-hydrogen) atoms. The summed E-state index contributed by atoms with van der Waals surface area (Å²) in [4.78, 5) is 0. The molecular formula is C9H13N3O3. The minimum absolute atomic E-state index is 0.0670. The predicted molar refractivity (Wildman–Crippen MR) is 48.0 cm³/mol. The lowest BCUT2D eigenvalue weighted by atomic mass is 9.81. The molecule has 1 aromatic heterocycles. The largest absolute Gasteiger partial charge is 0.382 e. The lowest BCUT2D eigenvalue weighted by Gasteiger charge is -2.33. The van der Waals surface area contributed by atoms with E-state index in [1.54, 1.807) is 0 Å². The maximum atomic E-state index is 10.5. The molecule has 1 aliphatic carbocycles. The maximum absolute atomic E-state index is 10.5. The zero-order valence-corrected chi connectivity index (χ0v) is 8.42. The van der Waals surface area contributed by atoms with E-state index in [0.717, 1.165) is 5.69 Å². The molecule has 0 radical (unpaired) electrons.